The summed E-state index contributed by atoms with van der Waals surface area (Å²) in [5.74, 6) is 1.25. The molecule has 34 heavy (non-hydrogen) atoms. The molecule has 4 heteroatoms. The molecule has 0 heterocycles. The summed E-state index contributed by atoms with van der Waals surface area (Å²) in [5.41, 5.74) is 2.56. The molecule has 1 aromatic carbocycles. The van der Waals surface area contributed by atoms with Gasteiger partial charge in [0, 0.05) is 23.3 Å². The van der Waals surface area contributed by atoms with Crippen molar-refractivity contribution < 1.29 is 14.6 Å². The van der Waals surface area contributed by atoms with E-state index < -0.39 is 5.79 Å². The minimum absolute atomic E-state index is 0.129. The van der Waals surface area contributed by atoms with Gasteiger partial charge in [-0.25, -0.2) is 0 Å². The van der Waals surface area contributed by atoms with Crippen LogP contribution in [0.2, 0.25) is 5.02 Å². The highest BCUT2D eigenvalue weighted by atomic mass is 35.5. The summed E-state index contributed by atoms with van der Waals surface area (Å²) in [5, 5.41) is 12.1. The third-order valence-electron chi connectivity index (χ3n) is 11.2. The standard InChI is InChI=1S/C30H41ClO3/c1-5-29(20(2)32)15-13-26-24-11-8-22-18-30(33,34-19-21-6-9-23(31)10-7-21)17-16-27(22,3)25(24)12-14-28(26,29)4/h6-10,24-26,33H,5,11-19H2,1-4H3/t24-,25+,26+,27+,28+,29-,30?/m1/s1. The SMILES string of the molecule is CC[C@]1(C(C)=O)CC[C@H]2[C@@H]3CC=C4CC(O)(OCc5ccc(Cl)cc5)CC[C@]4(C)[C@H]3CC[C@@]21C. The third kappa shape index (κ3) is 3.56. The maximum Gasteiger partial charge on any atom is 0.169 e. The number of hydrogen-bond acceptors (Lipinski definition) is 3. The molecule has 5 rings (SSSR count). The molecule has 3 saturated carbocycles. The van der Waals surface area contributed by atoms with E-state index in [0.29, 0.717) is 48.0 Å². The van der Waals surface area contributed by atoms with Gasteiger partial charge in [0.25, 0.3) is 0 Å². The lowest BCUT2D eigenvalue weighted by Crippen LogP contribution is -2.55. The molecule has 0 aromatic heterocycles. The normalized spacial score (nSPS) is 43.5. The number of carbonyl (C=O) groups is 1. The van der Waals surface area contributed by atoms with Gasteiger partial charge in [0.15, 0.2) is 5.79 Å². The van der Waals surface area contributed by atoms with Crippen molar-refractivity contribution in [2.75, 3.05) is 0 Å². The summed E-state index contributed by atoms with van der Waals surface area (Å²) in [4.78, 5) is 12.9. The highest BCUT2D eigenvalue weighted by Crippen LogP contribution is 2.70. The molecule has 0 amide bonds. The molecule has 0 saturated heterocycles. The molecule has 1 N–H and O–H groups in total. The van der Waals surface area contributed by atoms with Crippen LogP contribution in [0.25, 0.3) is 0 Å². The fourth-order valence-electron chi connectivity index (χ4n) is 9.08. The minimum Gasteiger partial charge on any atom is -0.365 e. The van der Waals surface area contributed by atoms with E-state index in [2.05, 4.69) is 26.8 Å². The van der Waals surface area contributed by atoms with E-state index in [0.717, 1.165) is 37.7 Å². The smallest absolute Gasteiger partial charge is 0.169 e. The molecule has 3 nitrogen and oxygen atoms in total. The molecule has 4 aliphatic rings. The zero-order chi connectivity index (χ0) is 24.4. The van der Waals surface area contributed by atoms with E-state index in [1.807, 2.05) is 31.2 Å². The molecule has 0 spiro atoms. The first kappa shape index (κ1) is 24.5. The first-order chi connectivity index (χ1) is 16.1. The molecular weight excluding hydrogens is 444 g/mol. The molecule has 4 aliphatic carbocycles. The van der Waals surface area contributed by atoms with Gasteiger partial charge in [-0.05, 0) is 98.1 Å². The van der Waals surface area contributed by atoms with Crippen LogP contribution in [0, 0.1) is 34.0 Å². The Morgan fingerprint density at radius 1 is 1.09 bits per heavy atom. The lowest BCUT2D eigenvalue weighted by Gasteiger charge is -2.60. The third-order valence-corrected chi connectivity index (χ3v) is 11.4. The van der Waals surface area contributed by atoms with Crippen LogP contribution in [0.15, 0.2) is 35.9 Å². The van der Waals surface area contributed by atoms with Crippen LogP contribution < -0.4 is 0 Å². The van der Waals surface area contributed by atoms with Crippen LogP contribution >= 0.6 is 11.6 Å². The summed E-state index contributed by atoms with van der Waals surface area (Å²) < 4.78 is 6.11. The number of aliphatic hydroxyl groups is 1. The molecule has 186 valence electrons. The van der Waals surface area contributed by atoms with Crippen molar-refractivity contribution in [3.63, 3.8) is 0 Å². The van der Waals surface area contributed by atoms with Crippen molar-refractivity contribution >= 4 is 17.4 Å². The van der Waals surface area contributed by atoms with Gasteiger partial charge >= 0.3 is 0 Å². The van der Waals surface area contributed by atoms with E-state index in [1.165, 1.54) is 18.4 Å². The molecule has 7 atom stereocenters. The monoisotopic (exact) mass is 484 g/mol. The number of hydrogen-bond donors (Lipinski definition) is 1. The first-order valence-electron chi connectivity index (χ1n) is 13.4. The quantitative estimate of drug-likeness (QED) is 0.347. The predicted molar refractivity (Wildman–Crippen MR) is 136 cm³/mol. The van der Waals surface area contributed by atoms with Crippen LogP contribution in [0.5, 0.6) is 0 Å². The molecular formula is C30H41ClO3. The average molecular weight is 485 g/mol. The van der Waals surface area contributed by atoms with Crippen molar-refractivity contribution in [2.24, 2.45) is 34.0 Å². The van der Waals surface area contributed by atoms with Gasteiger partial charge in [-0.15, -0.1) is 0 Å². The summed E-state index contributed by atoms with van der Waals surface area (Å²) >= 11 is 6.00. The Balaban J connectivity index is 1.35. The fraction of sp³-hybridized carbons (Fsp3) is 0.700. The van der Waals surface area contributed by atoms with Crippen molar-refractivity contribution in [3.05, 3.63) is 46.5 Å². The highest BCUT2D eigenvalue weighted by Gasteiger charge is 2.65. The maximum absolute atomic E-state index is 12.9. The number of ketones is 1. The predicted octanol–water partition coefficient (Wildman–Crippen LogP) is 7.49. The second-order valence-corrected chi connectivity index (χ2v) is 12.7. The number of allylic oxidation sites excluding steroid dienone is 1. The molecule has 0 radical (unpaired) electrons. The zero-order valence-corrected chi connectivity index (χ0v) is 22.1. The Kier molecular flexibility index (Phi) is 6.10. The largest absolute Gasteiger partial charge is 0.365 e. The van der Waals surface area contributed by atoms with E-state index in [9.17, 15) is 9.90 Å². The Bertz CT molecular complexity index is 985. The number of fused-ring (bicyclic) bond motifs is 5. The van der Waals surface area contributed by atoms with Crippen molar-refractivity contribution in [1.82, 2.24) is 0 Å². The first-order valence-corrected chi connectivity index (χ1v) is 13.8. The van der Waals surface area contributed by atoms with E-state index in [-0.39, 0.29) is 16.2 Å². The van der Waals surface area contributed by atoms with E-state index in [1.54, 1.807) is 0 Å². The highest BCUT2D eigenvalue weighted by molar-refractivity contribution is 6.30. The number of ether oxygens (including phenoxy) is 1. The van der Waals surface area contributed by atoms with Gasteiger partial charge in [-0.3, -0.25) is 4.79 Å². The second kappa shape index (κ2) is 8.46. The van der Waals surface area contributed by atoms with Crippen molar-refractivity contribution in [3.8, 4) is 0 Å². The van der Waals surface area contributed by atoms with Gasteiger partial charge in [0.2, 0.25) is 0 Å². The molecule has 0 aliphatic heterocycles. The van der Waals surface area contributed by atoms with E-state index >= 15 is 0 Å². The lowest BCUT2D eigenvalue weighted by atomic mass is 9.45. The number of Topliss-reactive ketones (excluding diaryl/α,β-unsaturated/α-hetero) is 1. The fourth-order valence-corrected chi connectivity index (χ4v) is 9.21. The minimum atomic E-state index is -1.10. The van der Waals surface area contributed by atoms with Crippen LogP contribution in [0.1, 0.15) is 91.0 Å². The van der Waals surface area contributed by atoms with Crippen LogP contribution in [0.4, 0.5) is 0 Å². The number of halogens is 1. The van der Waals surface area contributed by atoms with Crippen molar-refractivity contribution in [1.29, 1.82) is 0 Å². The van der Waals surface area contributed by atoms with Gasteiger partial charge in [0.05, 0.1) is 6.61 Å². The van der Waals surface area contributed by atoms with Crippen LogP contribution in [-0.2, 0) is 16.1 Å². The van der Waals surface area contributed by atoms with Gasteiger partial charge in [-0.2, -0.15) is 0 Å². The Hall–Kier alpha value is -1.16. The average Bonchev–Trinajstić information content (AvgIpc) is 3.13. The van der Waals surface area contributed by atoms with Crippen LogP contribution in [-0.4, -0.2) is 16.7 Å². The summed E-state index contributed by atoms with van der Waals surface area (Å²) in [7, 11) is 0. The molecule has 3 fully saturated rings. The summed E-state index contributed by atoms with van der Waals surface area (Å²) in [6, 6.07) is 7.65. The summed E-state index contributed by atoms with van der Waals surface area (Å²) in [6.07, 6.45) is 11.4. The van der Waals surface area contributed by atoms with Gasteiger partial charge in [0.1, 0.15) is 5.78 Å². The molecule has 1 aromatic rings. The summed E-state index contributed by atoms with van der Waals surface area (Å²) in [6.45, 7) is 9.36. The number of carbonyl (C=O) groups excluding carboxylic acids is 1. The van der Waals surface area contributed by atoms with Gasteiger partial charge in [-0.1, -0.05) is 56.2 Å². The van der Waals surface area contributed by atoms with Gasteiger partial charge < -0.3 is 9.84 Å². The molecule has 0 bridgehead atoms. The van der Waals surface area contributed by atoms with Crippen molar-refractivity contribution in [2.45, 2.75) is 97.9 Å². The van der Waals surface area contributed by atoms with Crippen LogP contribution in [0.3, 0.4) is 0 Å². The Morgan fingerprint density at radius 2 is 1.79 bits per heavy atom. The Labute approximate surface area is 210 Å². The van der Waals surface area contributed by atoms with E-state index in [4.69, 9.17) is 16.3 Å². The number of rotatable bonds is 5. The molecule has 1 unspecified atom stereocenters. The Morgan fingerprint density at radius 3 is 2.47 bits per heavy atom. The maximum atomic E-state index is 12.9. The topological polar surface area (TPSA) is 46.5 Å². The zero-order valence-electron chi connectivity index (χ0n) is 21.3. The second-order valence-electron chi connectivity index (χ2n) is 12.3. The lowest BCUT2D eigenvalue weighted by molar-refractivity contribution is -0.231. The number of benzene rings is 1.